The maximum Gasteiger partial charge on any atom is 0.416 e. The van der Waals surface area contributed by atoms with Crippen LogP contribution in [-0.2, 0) is 6.18 Å². The van der Waals surface area contributed by atoms with E-state index in [0.717, 1.165) is 18.7 Å². The molecule has 0 aromatic heterocycles. The molecule has 27 heavy (non-hydrogen) atoms. The number of hydrogen-bond acceptors (Lipinski definition) is 4. The highest BCUT2D eigenvalue weighted by atomic mass is 32.2. The minimum absolute atomic E-state index is 0.0659. The Morgan fingerprint density at radius 3 is 2.89 bits per heavy atom. The van der Waals surface area contributed by atoms with E-state index in [2.05, 4.69) is 15.6 Å². The highest BCUT2D eigenvalue weighted by Crippen LogP contribution is 2.31. The Balaban J connectivity index is 1.80. The van der Waals surface area contributed by atoms with Crippen molar-refractivity contribution in [3.05, 3.63) is 29.8 Å². The maximum atomic E-state index is 12.7. The summed E-state index contributed by atoms with van der Waals surface area (Å²) in [5.41, 5.74) is -0.782. The molecule has 1 saturated heterocycles. The van der Waals surface area contributed by atoms with Gasteiger partial charge in [-0.15, -0.1) is 0 Å². The largest absolute Gasteiger partial charge is 0.491 e. The van der Waals surface area contributed by atoms with Crippen LogP contribution in [0.15, 0.2) is 29.3 Å². The fourth-order valence-corrected chi connectivity index (χ4v) is 3.76. The third-order valence-corrected chi connectivity index (χ3v) is 5.33. The second kappa shape index (κ2) is 10.7. The topological polar surface area (TPSA) is 65.9 Å². The van der Waals surface area contributed by atoms with Gasteiger partial charge in [0.2, 0.25) is 0 Å². The summed E-state index contributed by atoms with van der Waals surface area (Å²) in [5.74, 6) is 1.87. The van der Waals surface area contributed by atoms with Crippen LogP contribution < -0.4 is 15.4 Å². The Kier molecular flexibility index (Phi) is 8.56. The van der Waals surface area contributed by atoms with E-state index in [1.165, 1.54) is 30.7 Å². The first kappa shape index (κ1) is 21.7. The summed E-state index contributed by atoms with van der Waals surface area (Å²) in [6, 6.07) is 4.60. The van der Waals surface area contributed by atoms with E-state index in [1.807, 2.05) is 18.7 Å². The number of ether oxygens (including phenoxy) is 1. The number of aliphatic imine (C=N–C) groups is 1. The van der Waals surface area contributed by atoms with Crippen LogP contribution in [0.5, 0.6) is 5.75 Å². The van der Waals surface area contributed by atoms with E-state index in [0.29, 0.717) is 17.8 Å². The van der Waals surface area contributed by atoms with Crippen molar-refractivity contribution in [1.82, 2.24) is 10.6 Å². The molecule has 152 valence electrons. The Morgan fingerprint density at radius 2 is 2.22 bits per heavy atom. The average molecular weight is 405 g/mol. The predicted octanol–water partition coefficient (Wildman–Crippen LogP) is 2.90. The third-order valence-electron chi connectivity index (χ3n) is 3.93. The van der Waals surface area contributed by atoms with Gasteiger partial charge in [0.25, 0.3) is 0 Å². The van der Waals surface area contributed by atoms with Crippen LogP contribution in [0.4, 0.5) is 13.2 Å². The standard InChI is InChI=1S/C18H26F3N3O2S/c1-2-22-17(24-11-16-7-4-8-27-16)23-10-14(25)12-26-15-6-3-5-13(9-15)18(19,20)21/h3,5-6,9,14,16,25H,2,4,7-8,10-12H2,1H3,(H2,22,23,24). The number of halogens is 3. The molecular formula is C18H26F3N3O2S. The van der Waals surface area contributed by atoms with Gasteiger partial charge >= 0.3 is 6.18 Å². The van der Waals surface area contributed by atoms with Crippen LogP contribution in [-0.4, -0.2) is 54.4 Å². The smallest absolute Gasteiger partial charge is 0.416 e. The van der Waals surface area contributed by atoms with Crippen LogP contribution in [0.3, 0.4) is 0 Å². The molecule has 9 heteroatoms. The number of rotatable bonds is 8. The van der Waals surface area contributed by atoms with Gasteiger partial charge in [-0.2, -0.15) is 24.9 Å². The molecule has 3 N–H and O–H groups in total. The van der Waals surface area contributed by atoms with Crippen LogP contribution in [0, 0.1) is 0 Å². The van der Waals surface area contributed by atoms with Crippen molar-refractivity contribution in [2.45, 2.75) is 37.3 Å². The van der Waals surface area contributed by atoms with E-state index < -0.39 is 17.8 Å². The summed E-state index contributed by atoms with van der Waals surface area (Å²) in [7, 11) is 0. The second-order valence-corrected chi connectivity index (χ2v) is 7.63. The highest BCUT2D eigenvalue weighted by Gasteiger charge is 2.30. The molecule has 1 aliphatic rings. The maximum absolute atomic E-state index is 12.7. The van der Waals surface area contributed by atoms with Crippen LogP contribution >= 0.6 is 11.8 Å². The molecule has 1 aliphatic heterocycles. The number of alkyl halides is 3. The Hall–Kier alpha value is -1.61. The summed E-state index contributed by atoms with van der Waals surface area (Å²) in [6.07, 6.45) is -2.93. The van der Waals surface area contributed by atoms with E-state index >= 15 is 0 Å². The highest BCUT2D eigenvalue weighted by molar-refractivity contribution is 8.00. The Bertz CT molecular complexity index is 608. The van der Waals surface area contributed by atoms with Crippen molar-refractivity contribution in [1.29, 1.82) is 0 Å². The molecule has 2 unspecified atom stereocenters. The number of nitrogens with zero attached hydrogens (tertiary/aromatic N) is 1. The number of benzene rings is 1. The number of nitrogens with one attached hydrogen (secondary N) is 2. The molecule has 1 aromatic rings. The molecule has 1 heterocycles. The molecule has 0 radical (unpaired) electrons. The van der Waals surface area contributed by atoms with Gasteiger partial charge in [-0.25, -0.2) is 0 Å². The van der Waals surface area contributed by atoms with Crippen LogP contribution in [0.25, 0.3) is 0 Å². The fourth-order valence-electron chi connectivity index (χ4n) is 2.56. The summed E-state index contributed by atoms with van der Waals surface area (Å²) in [4.78, 5) is 4.32. The lowest BCUT2D eigenvalue weighted by molar-refractivity contribution is -0.137. The molecule has 2 rings (SSSR count). The lowest BCUT2D eigenvalue weighted by atomic mass is 10.2. The number of aliphatic hydroxyl groups is 1. The molecule has 1 fully saturated rings. The zero-order chi connectivity index (χ0) is 19.7. The van der Waals surface area contributed by atoms with Crippen LogP contribution in [0.1, 0.15) is 25.3 Å². The monoisotopic (exact) mass is 405 g/mol. The van der Waals surface area contributed by atoms with E-state index in [4.69, 9.17) is 4.74 Å². The van der Waals surface area contributed by atoms with Gasteiger partial charge in [-0.3, -0.25) is 4.99 Å². The van der Waals surface area contributed by atoms with Gasteiger partial charge in [-0.05, 0) is 43.7 Å². The summed E-state index contributed by atoms with van der Waals surface area (Å²) >= 11 is 1.94. The fraction of sp³-hybridized carbons (Fsp3) is 0.611. The first-order valence-corrected chi connectivity index (χ1v) is 10.0. The minimum atomic E-state index is -4.42. The lowest BCUT2D eigenvalue weighted by Crippen LogP contribution is -2.40. The predicted molar refractivity (Wildman–Crippen MR) is 102 cm³/mol. The molecule has 0 saturated carbocycles. The summed E-state index contributed by atoms with van der Waals surface area (Å²) < 4.78 is 43.4. The van der Waals surface area contributed by atoms with Gasteiger partial charge in [-0.1, -0.05) is 6.07 Å². The zero-order valence-corrected chi connectivity index (χ0v) is 16.1. The first-order chi connectivity index (χ1) is 12.9. The van der Waals surface area contributed by atoms with Crippen molar-refractivity contribution < 1.29 is 23.0 Å². The summed E-state index contributed by atoms with van der Waals surface area (Å²) in [5, 5.41) is 17.0. The molecule has 2 atom stereocenters. The molecule has 0 spiro atoms. The van der Waals surface area contributed by atoms with Gasteiger partial charge in [0.15, 0.2) is 5.96 Å². The Morgan fingerprint density at radius 1 is 1.41 bits per heavy atom. The zero-order valence-electron chi connectivity index (χ0n) is 15.3. The SMILES string of the molecule is CCNC(=NCC(O)COc1cccc(C(F)(F)F)c1)NCC1CCCS1. The van der Waals surface area contributed by atoms with Gasteiger partial charge < -0.3 is 20.5 Å². The third kappa shape index (κ3) is 7.88. The lowest BCUT2D eigenvalue weighted by Gasteiger charge is -2.16. The number of aliphatic hydroxyl groups excluding tert-OH is 1. The van der Waals surface area contributed by atoms with Gasteiger partial charge in [0.1, 0.15) is 18.5 Å². The normalized spacial score (nSPS) is 19.0. The van der Waals surface area contributed by atoms with E-state index in [-0.39, 0.29) is 18.9 Å². The molecule has 0 amide bonds. The van der Waals surface area contributed by atoms with E-state index in [9.17, 15) is 18.3 Å². The quantitative estimate of drug-likeness (QED) is 0.459. The van der Waals surface area contributed by atoms with Crippen molar-refractivity contribution in [3.8, 4) is 5.75 Å². The van der Waals surface area contributed by atoms with E-state index in [1.54, 1.807) is 0 Å². The van der Waals surface area contributed by atoms with Crippen molar-refractivity contribution in [2.75, 3.05) is 32.0 Å². The van der Waals surface area contributed by atoms with Gasteiger partial charge in [0, 0.05) is 18.3 Å². The molecule has 0 bridgehead atoms. The van der Waals surface area contributed by atoms with Gasteiger partial charge in [0.05, 0.1) is 12.1 Å². The number of guanidine groups is 1. The second-order valence-electron chi connectivity index (χ2n) is 6.23. The van der Waals surface area contributed by atoms with Crippen molar-refractivity contribution in [2.24, 2.45) is 4.99 Å². The Labute approximate surface area is 161 Å². The molecular weight excluding hydrogens is 379 g/mol. The van der Waals surface area contributed by atoms with Crippen LogP contribution in [0.2, 0.25) is 0 Å². The molecule has 0 aliphatic carbocycles. The van der Waals surface area contributed by atoms with Crippen molar-refractivity contribution in [3.63, 3.8) is 0 Å². The number of thioether (sulfide) groups is 1. The molecule has 5 nitrogen and oxygen atoms in total. The van der Waals surface area contributed by atoms with Crippen molar-refractivity contribution >= 4 is 17.7 Å². The summed E-state index contributed by atoms with van der Waals surface area (Å²) in [6.45, 7) is 3.41. The molecule has 1 aromatic carbocycles. The first-order valence-electron chi connectivity index (χ1n) is 9.00. The number of hydrogen-bond donors (Lipinski definition) is 3. The minimum Gasteiger partial charge on any atom is -0.491 e. The average Bonchev–Trinajstić information content (AvgIpc) is 3.15.